The van der Waals surface area contributed by atoms with Crippen LogP contribution < -0.4 is 5.32 Å². The fourth-order valence-electron chi connectivity index (χ4n) is 4.15. The normalized spacial score (nSPS) is 16.7. The van der Waals surface area contributed by atoms with Crippen molar-refractivity contribution in [3.05, 3.63) is 64.1 Å². The van der Waals surface area contributed by atoms with Crippen molar-refractivity contribution < 1.29 is 4.79 Å². The Labute approximate surface area is 192 Å². The Hall–Kier alpha value is -2.12. The zero-order chi connectivity index (χ0) is 21.6. The minimum atomic E-state index is -0.243. The number of rotatable bonds is 8. The van der Waals surface area contributed by atoms with Gasteiger partial charge in [0.15, 0.2) is 5.16 Å². The molecule has 164 valence electrons. The van der Waals surface area contributed by atoms with Crippen molar-refractivity contribution in [2.45, 2.75) is 74.9 Å². The van der Waals surface area contributed by atoms with E-state index in [1.807, 2.05) is 44.2 Å². The molecule has 0 radical (unpaired) electrons. The largest absolute Gasteiger partial charge is 0.349 e. The third-order valence-electron chi connectivity index (χ3n) is 5.90. The van der Waals surface area contributed by atoms with Gasteiger partial charge in [0.1, 0.15) is 5.82 Å². The van der Waals surface area contributed by atoms with Crippen LogP contribution in [-0.4, -0.2) is 25.9 Å². The quantitative estimate of drug-likeness (QED) is 0.437. The van der Waals surface area contributed by atoms with E-state index in [1.165, 1.54) is 35.9 Å². The van der Waals surface area contributed by atoms with Crippen molar-refractivity contribution in [1.29, 1.82) is 0 Å². The molecule has 7 heteroatoms. The molecule has 0 saturated heterocycles. The van der Waals surface area contributed by atoms with Gasteiger partial charge in [0.05, 0.1) is 11.3 Å². The predicted molar refractivity (Wildman–Crippen MR) is 128 cm³/mol. The molecule has 3 aromatic rings. The molecule has 1 aromatic carbocycles. The van der Waals surface area contributed by atoms with E-state index in [-0.39, 0.29) is 17.2 Å². The van der Waals surface area contributed by atoms with E-state index < -0.39 is 0 Å². The zero-order valence-corrected chi connectivity index (χ0v) is 19.8. The van der Waals surface area contributed by atoms with Crippen molar-refractivity contribution in [3.63, 3.8) is 0 Å². The Morgan fingerprint density at radius 3 is 2.61 bits per heavy atom. The molecular weight excluding hydrogens is 424 g/mol. The van der Waals surface area contributed by atoms with E-state index in [4.69, 9.17) is 0 Å². The van der Waals surface area contributed by atoms with Gasteiger partial charge >= 0.3 is 0 Å². The first kappa shape index (κ1) is 22.1. The molecular formula is C24H30N4OS2. The molecule has 1 aliphatic rings. The molecule has 1 aliphatic carbocycles. The van der Waals surface area contributed by atoms with Gasteiger partial charge in [-0.05, 0) is 43.7 Å². The molecule has 2 unspecified atom stereocenters. The molecule has 1 fully saturated rings. The summed E-state index contributed by atoms with van der Waals surface area (Å²) < 4.78 is 2.33. The molecule has 31 heavy (non-hydrogen) atoms. The minimum absolute atomic E-state index is 0.0256. The first-order chi connectivity index (χ1) is 15.1. The number of hydrogen-bond acceptors (Lipinski definition) is 5. The number of carbonyl (C=O) groups excluding carboxylic acids is 1. The molecule has 2 heterocycles. The molecule has 0 bridgehead atoms. The van der Waals surface area contributed by atoms with Crippen LogP contribution in [0.25, 0.3) is 0 Å². The number of thioether (sulfide) groups is 1. The summed E-state index contributed by atoms with van der Waals surface area (Å²) in [5.41, 5.74) is 1.11. The van der Waals surface area contributed by atoms with Crippen LogP contribution in [0.5, 0.6) is 0 Å². The van der Waals surface area contributed by atoms with Gasteiger partial charge in [-0.1, -0.05) is 67.4 Å². The van der Waals surface area contributed by atoms with Crippen molar-refractivity contribution >= 4 is 29.0 Å². The van der Waals surface area contributed by atoms with E-state index in [0.717, 1.165) is 35.8 Å². The maximum absolute atomic E-state index is 12.9. The lowest BCUT2D eigenvalue weighted by atomic mass is 9.95. The van der Waals surface area contributed by atoms with E-state index in [9.17, 15) is 4.79 Å². The van der Waals surface area contributed by atoms with Crippen LogP contribution in [0.4, 0.5) is 0 Å². The maximum atomic E-state index is 12.9. The van der Waals surface area contributed by atoms with Crippen LogP contribution in [-0.2, 0) is 11.2 Å². The highest BCUT2D eigenvalue weighted by molar-refractivity contribution is 8.00. The Balaban J connectivity index is 1.48. The Morgan fingerprint density at radius 1 is 1.13 bits per heavy atom. The number of amides is 1. The van der Waals surface area contributed by atoms with Crippen LogP contribution >= 0.6 is 23.1 Å². The molecule has 5 nitrogen and oxygen atoms in total. The van der Waals surface area contributed by atoms with Gasteiger partial charge in [0.2, 0.25) is 5.91 Å². The number of hydrogen-bond donors (Lipinski definition) is 1. The highest BCUT2D eigenvalue weighted by atomic mass is 32.2. The van der Waals surface area contributed by atoms with Crippen LogP contribution in [0.15, 0.2) is 53.0 Å². The fourth-order valence-corrected chi connectivity index (χ4v) is 5.80. The molecule has 2 aromatic heterocycles. The van der Waals surface area contributed by atoms with Gasteiger partial charge in [-0.2, -0.15) is 0 Å². The molecule has 1 saturated carbocycles. The summed E-state index contributed by atoms with van der Waals surface area (Å²) in [7, 11) is 0. The third kappa shape index (κ3) is 5.57. The third-order valence-corrected chi connectivity index (χ3v) is 7.83. The van der Waals surface area contributed by atoms with Gasteiger partial charge < -0.3 is 9.88 Å². The lowest BCUT2D eigenvalue weighted by Crippen LogP contribution is -2.33. The SMILES string of the molecule is CC(Sc1nnc(Cc2cccs2)n1C1CCCCC1)C(=O)NC(C)c1ccccc1. The molecule has 1 N–H and O–H groups in total. The van der Waals surface area contributed by atoms with Crippen LogP contribution in [0.3, 0.4) is 0 Å². The average molecular weight is 455 g/mol. The van der Waals surface area contributed by atoms with Crippen molar-refractivity contribution in [2.24, 2.45) is 0 Å². The van der Waals surface area contributed by atoms with Gasteiger partial charge in [0, 0.05) is 17.3 Å². The summed E-state index contributed by atoms with van der Waals surface area (Å²) in [6.45, 7) is 3.98. The molecule has 0 aliphatic heterocycles. The number of benzene rings is 1. The smallest absolute Gasteiger partial charge is 0.233 e. The Bertz CT molecular complexity index is 965. The van der Waals surface area contributed by atoms with Crippen LogP contribution in [0.1, 0.15) is 74.3 Å². The standard InChI is InChI=1S/C24H30N4OS2/c1-17(19-10-5-3-6-11-19)25-23(29)18(2)31-24-27-26-22(16-21-14-9-15-30-21)28(24)20-12-7-4-8-13-20/h3,5-6,9-11,14-15,17-18,20H,4,7-8,12-13,16H2,1-2H3,(H,25,29). The van der Waals surface area contributed by atoms with Gasteiger partial charge in [-0.3, -0.25) is 4.79 Å². The summed E-state index contributed by atoms with van der Waals surface area (Å²) in [4.78, 5) is 14.2. The summed E-state index contributed by atoms with van der Waals surface area (Å²) in [6, 6.07) is 14.7. The van der Waals surface area contributed by atoms with E-state index in [1.54, 1.807) is 11.3 Å². The Morgan fingerprint density at radius 2 is 1.90 bits per heavy atom. The maximum Gasteiger partial charge on any atom is 0.233 e. The van der Waals surface area contributed by atoms with Gasteiger partial charge in [-0.15, -0.1) is 21.5 Å². The predicted octanol–water partition coefficient (Wildman–Crippen LogP) is 5.79. The minimum Gasteiger partial charge on any atom is -0.349 e. The molecule has 1 amide bonds. The monoisotopic (exact) mass is 454 g/mol. The van der Waals surface area contributed by atoms with E-state index >= 15 is 0 Å². The van der Waals surface area contributed by atoms with Crippen molar-refractivity contribution in [2.75, 3.05) is 0 Å². The second-order valence-corrected chi connectivity index (χ2v) is 10.6. The zero-order valence-electron chi connectivity index (χ0n) is 18.2. The fraction of sp³-hybridized carbons (Fsp3) is 0.458. The lowest BCUT2D eigenvalue weighted by molar-refractivity contribution is -0.120. The van der Waals surface area contributed by atoms with Crippen LogP contribution in [0, 0.1) is 0 Å². The van der Waals surface area contributed by atoms with E-state index in [2.05, 4.69) is 37.6 Å². The second kappa shape index (κ2) is 10.5. The number of aromatic nitrogens is 3. The van der Waals surface area contributed by atoms with Gasteiger partial charge in [-0.25, -0.2) is 0 Å². The van der Waals surface area contributed by atoms with Crippen LogP contribution in [0.2, 0.25) is 0 Å². The molecule has 0 spiro atoms. The lowest BCUT2D eigenvalue weighted by Gasteiger charge is -2.26. The highest BCUT2D eigenvalue weighted by Gasteiger charge is 2.26. The second-order valence-electron chi connectivity index (χ2n) is 8.22. The number of carbonyl (C=O) groups is 1. The van der Waals surface area contributed by atoms with E-state index in [0.29, 0.717) is 6.04 Å². The topological polar surface area (TPSA) is 59.8 Å². The van der Waals surface area contributed by atoms with Crippen molar-refractivity contribution in [3.8, 4) is 0 Å². The number of thiophene rings is 1. The number of nitrogens with zero attached hydrogens (tertiary/aromatic N) is 3. The number of nitrogens with one attached hydrogen (secondary N) is 1. The summed E-state index contributed by atoms with van der Waals surface area (Å²) in [5, 5.41) is 15.0. The van der Waals surface area contributed by atoms with Crippen molar-refractivity contribution in [1.82, 2.24) is 20.1 Å². The summed E-state index contributed by atoms with van der Waals surface area (Å²) in [5.74, 6) is 1.04. The summed E-state index contributed by atoms with van der Waals surface area (Å²) in [6.07, 6.45) is 6.92. The average Bonchev–Trinajstić information content (AvgIpc) is 3.45. The Kier molecular flexibility index (Phi) is 7.45. The molecule has 2 atom stereocenters. The first-order valence-electron chi connectivity index (χ1n) is 11.1. The molecule has 4 rings (SSSR count). The first-order valence-corrected chi connectivity index (χ1v) is 12.9. The summed E-state index contributed by atoms with van der Waals surface area (Å²) >= 11 is 3.28. The van der Waals surface area contributed by atoms with Gasteiger partial charge in [0.25, 0.3) is 0 Å². The highest BCUT2D eigenvalue weighted by Crippen LogP contribution is 2.34.